The first-order chi connectivity index (χ1) is 13.8. The molecule has 7 nitrogen and oxygen atoms in total. The number of nitrogens with zero attached hydrogens (tertiary/aromatic N) is 2. The van der Waals surface area contributed by atoms with Gasteiger partial charge in [0, 0.05) is 24.2 Å². The molecule has 1 saturated heterocycles. The first-order valence-corrected chi connectivity index (χ1v) is 11.7. The fourth-order valence-electron chi connectivity index (χ4n) is 4.39. The molecule has 2 unspecified atom stereocenters. The van der Waals surface area contributed by atoms with E-state index >= 15 is 0 Å². The minimum Gasteiger partial charge on any atom is -0.338 e. The number of anilines is 1. The van der Waals surface area contributed by atoms with Crippen LogP contribution >= 0.6 is 0 Å². The van der Waals surface area contributed by atoms with Crippen molar-refractivity contribution in [2.24, 2.45) is 11.8 Å². The standard InChI is InChI=1S/C21H27N3O4S/c1-14-11-15(2)13-24(12-14)29(26,27)17-9-7-16(8-10-17)20(25)22-21-18-5-3-4-6-19(18)23-28-21/h7-10,14-15H,3-6,11-13H2,1-2H3,(H,22,25). The summed E-state index contributed by atoms with van der Waals surface area (Å²) in [6.45, 7) is 5.22. The van der Waals surface area contributed by atoms with Gasteiger partial charge in [0.15, 0.2) is 0 Å². The first-order valence-electron chi connectivity index (χ1n) is 10.2. The van der Waals surface area contributed by atoms with Gasteiger partial charge in [-0.25, -0.2) is 8.42 Å². The SMILES string of the molecule is CC1CC(C)CN(S(=O)(=O)c2ccc(C(=O)Nc3onc4c3CCCC4)cc2)C1. The Hall–Kier alpha value is -2.19. The van der Waals surface area contributed by atoms with E-state index in [-0.39, 0.29) is 10.8 Å². The first kappa shape index (κ1) is 20.1. The number of rotatable bonds is 4. The Morgan fingerprint density at radius 2 is 1.76 bits per heavy atom. The number of piperidine rings is 1. The molecule has 1 amide bonds. The van der Waals surface area contributed by atoms with Crippen LogP contribution in [0.25, 0.3) is 0 Å². The summed E-state index contributed by atoms with van der Waals surface area (Å²) < 4.78 is 32.8. The van der Waals surface area contributed by atoms with Gasteiger partial charge < -0.3 is 4.52 Å². The van der Waals surface area contributed by atoms with Crippen molar-refractivity contribution in [1.82, 2.24) is 9.46 Å². The molecule has 0 spiro atoms. The number of benzene rings is 1. The number of aromatic nitrogens is 1. The average molecular weight is 418 g/mol. The van der Waals surface area contributed by atoms with E-state index in [4.69, 9.17) is 4.52 Å². The molecule has 1 aliphatic carbocycles. The van der Waals surface area contributed by atoms with Crippen molar-refractivity contribution in [2.75, 3.05) is 18.4 Å². The second kappa shape index (κ2) is 7.91. The number of amides is 1. The van der Waals surface area contributed by atoms with Crippen LogP contribution in [0.4, 0.5) is 5.88 Å². The second-order valence-corrected chi connectivity index (χ2v) is 10.3. The minimum absolute atomic E-state index is 0.215. The molecule has 0 bridgehead atoms. The van der Waals surface area contributed by atoms with Crippen LogP contribution in [0.3, 0.4) is 0 Å². The van der Waals surface area contributed by atoms with Crippen molar-refractivity contribution in [1.29, 1.82) is 0 Å². The number of hydrogen-bond donors (Lipinski definition) is 1. The van der Waals surface area contributed by atoms with Crippen molar-refractivity contribution in [3.05, 3.63) is 41.1 Å². The maximum absolute atomic E-state index is 13.0. The molecule has 29 heavy (non-hydrogen) atoms. The van der Waals surface area contributed by atoms with E-state index in [0.29, 0.717) is 36.4 Å². The van der Waals surface area contributed by atoms with Crippen LogP contribution in [-0.4, -0.2) is 36.9 Å². The Bertz CT molecular complexity index is 987. The maximum Gasteiger partial charge on any atom is 0.258 e. The van der Waals surface area contributed by atoms with Crippen LogP contribution in [-0.2, 0) is 22.9 Å². The Kier molecular flexibility index (Phi) is 5.48. The zero-order valence-electron chi connectivity index (χ0n) is 16.8. The molecule has 1 fully saturated rings. The molecule has 0 radical (unpaired) electrons. The van der Waals surface area contributed by atoms with Crippen LogP contribution in [0.5, 0.6) is 0 Å². The number of sulfonamides is 1. The van der Waals surface area contributed by atoms with Gasteiger partial charge in [0.25, 0.3) is 5.91 Å². The zero-order valence-corrected chi connectivity index (χ0v) is 17.7. The topological polar surface area (TPSA) is 92.5 Å². The van der Waals surface area contributed by atoms with E-state index < -0.39 is 10.0 Å². The Labute approximate surface area is 171 Å². The van der Waals surface area contributed by atoms with Gasteiger partial charge >= 0.3 is 0 Å². The predicted octanol–water partition coefficient (Wildman–Crippen LogP) is 3.47. The predicted molar refractivity (Wildman–Crippen MR) is 109 cm³/mol. The highest BCUT2D eigenvalue weighted by atomic mass is 32.2. The lowest BCUT2D eigenvalue weighted by atomic mass is 9.94. The number of hydrogen-bond acceptors (Lipinski definition) is 5. The molecule has 1 aromatic carbocycles. The molecule has 1 aliphatic heterocycles. The van der Waals surface area contributed by atoms with Gasteiger partial charge in [-0.15, -0.1) is 0 Å². The average Bonchev–Trinajstić information content (AvgIpc) is 3.10. The Morgan fingerprint density at radius 3 is 2.45 bits per heavy atom. The monoisotopic (exact) mass is 417 g/mol. The lowest BCUT2D eigenvalue weighted by molar-refractivity contribution is 0.102. The van der Waals surface area contributed by atoms with Gasteiger partial charge in [-0.1, -0.05) is 19.0 Å². The smallest absolute Gasteiger partial charge is 0.258 e. The summed E-state index contributed by atoms with van der Waals surface area (Å²) in [6.07, 6.45) is 4.89. The number of nitrogens with one attached hydrogen (secondary N) is 1. The number of carbonyl (C=O) groups is 1. The van der Waals surface area contributed by atoms with Crippen LogP contribution < -0.4 is 5.32 Å². The molecule has 0 saturated carbocycles. The summed E-state index contributed by atoms with van der Waals surface area (Å²) in [6, 6.07) is 6.09. The third-order valence-corrected chi connectivity index (χ3v) is 7.62. The summed E-state index contributed by atoms with van der Waals surface area (Å²) in [7, 11) is -3.56. The lowest BCUT2D eigenvalue weighted by Crippen LogP contribution is -2.42. The molecule has 4 rings (SSSR count). The molecule has 8 heteroatoms. The highest BCUT2D eigenvalue weighted by Crippen LogP contribution is 2.29. The molecule has 1 aromatic heterocycles. The quantitative estimate of drug-likeness (QED) is 0.822. The summed E-state index contributed by atoms with van der Waals surface area (Å²) in [5, 5.41) is 6.81. The molecule has 2 aromatic rings. The highest BCUT2D eigenvalue weighted by Gasteiger charge is 2.31. The van der Waals surface area contributed by atoms with Gasteiger partial charge in [0.05, 0.1) is 10.6 Å². The molecule has 1 N–H and O–H groups in total. The van der Waals surface area contributed by atoms with Crippen molar-refractivity contribution < 1.29 is 17.7 Å². The summed E-state index contributed by atoms with van der Waals surface area (Å²) >= 11 is 0. The zero-order chi connectivity index (χ0) is 20.6. The molecular weight excluding hydrogens is 390 g/mol. The normalized spacial score (nSPS) is 22.8. The van der Waals surface area contributed by atoms with Crippen molar-refractivity contribution in [3.63, 3.8) is 0 Å². The summed E-state index contributed by atoms with van der Waals surface area (Å²) in [5.41, 5.74) is 2.26. The van der Waals surface area contributed by atoms with E-state index in [1.165, 1.54) is 12.1 Å². The number of aryl methyl sites for hydroxylation is 1. The molecule has 2 heterocycles. The van der Waals surface area contributed by atoms with E-state index in [1.54, 1.807) is 16.4 Å². The second-order valence-electron chi connectivity index (χ2n) is 8.39. The van der Waals surface area contributed by atoms with Gasteiger partial charge in [0.2, 0.25) is 15.9 Å². The van der Waals surface area contributed by atoms with Crippen LogP contribution in [0, 0.1) is 11.8 Å². The maximum atomic E-state index is 13.0. The van der Waals surface area contributed by atoms with E-state index in [2.05, 4.69) is 24.3 Å². The van der Waals surface area contributed by atoms with Gasteiger partial charge in [0.1, 0.15) is 0 Å². The lowest BCUT2D eigenvalue weighted by Gasteiger charge is -2.34. The minimum atomic E-state index is -3.56. The van der Waals surface area contributed by atoms with Crippen molar-refractivity contribution in [2.45, 2.75) is 50.8 Å². The Morgan fingerprint density at radius 1 is 1.10 bits per heavy atom. The third-order valence-electron chi connectivity index (χ3n) is 5.78. The van der Waals surface area contributed by atoms with Gasteiger partial charge in [-0.2, -0.15) is 4.31 Å². The number of carbonyl (C=O) groups excluding carboxylic acids is 1. The van der Waals surface area contributed by atoms with Crippen LogP contribution in [0.1, 0.15) is 54.7 Å². The summed E-state index contributed by atoms with van der Waals surface area (Å²) in [5.74, 6) is 0.745. The fourth-order valence-corrected chi connectivity index (χ4v) is 6.07. The fraction of sp³-hybridized carbons (Fsp3) is 0.524. The molecule has 2 aliphatic rings. The Balaban J connectivity index is 1.48. The number of fused-ring (bicyclic) bond motifs is 1. The highest BCUT2D eigenvalue weighted by molar-refractivity contribution is 7.89. The van der Waals surface area contributed by atoms with E-state index in [0.717, 1.165) is 43.4 Å². The molecular formula is C21H27N3O4S. The van der Waals surface area contributed by atoms with Crippen molar-refractivity contribution in [3.8, 4) is 0 Å². The van der Waals surface area contributed by atoms with Crippen LogP contribution in [0.15, 0.2) is 33.7 Å². The van der Waals surface area contributed by atoms with Gasteiger partial charge in [-0.3, -0.25) is 10.1 Å². The summed E-state index contributed by atoms with van der Waals surface area (Å²) in [4.78, 5) is 12.8. The largest absolute Gasteiger partial charge is 0.338 e. The van der Waals surface area contributed by atoms with Crippen LogP contribution in [0.2, 0.25) is 0 Å². The molecule has 156 valence electrons. The van der Waals surface area contributed by atoms with E-state index in [1.807, 2.05) is 0 Å². The van der Waals surface area contributed by atoms with Crippen molar-refractivity contribution >= 4 is 21.8 Å². The molecule has 2 atom stereocenters. The van der Waals surface area contributed by atoms with E-state index in [9.17, 15) is 13.2 Å². The van der Waals surface area contributed by atoms with Gasteiger partial charge in [-0.05, 0) is 68.2 Å². The third kappa shape index (κ3) is 4.09.